The van der Waals surface area contributed by atoms with Crippen LogP contribution in [0.25, 0.3) is 0 Å². The number of aryl methyl sites for hydroxylation is 1. The average molecular weight is 393 g/mol. The highest BCUT2D eigenvalue weighted by atomic mass is 32.2. The Bertz CT molecular complexity index is 879. The summed E-state index contributed by atoms with van der Waals surface area (Å²) in [6, 6.07) is 7.58. The van der Waals surface area contributed by atoms with E-state index >= 15 is 0 Å². The van der Waals surface area contributed by atoms with Crippen LogP contribution in [-0.4, -0.2) is 42.8 Å². The van der Waals surface area contributed by atoms with Gasteiger partial charge in [-0.3, -0.25) is 0 Å². The van der Waals surface area contributed by atoms with Crippen LogP contribution in [0.3, 0.4) is 0 Å². The summed E-state index contributed by atoms with van der Waals surface area (Å²) in [7, 11) is -1.56. The first kappa shape index (κ1) is 19.7. The molecule has 6 nitrogen and oxygen atoms in total. The van der Waals surface area contributed by atoms with E-state index in [1.165, 1.54) is 24.3 Å². The van der Waals surface area contributed by atoms with Crippen molar-refractivity contribution in [3.05, 3.63) is 53.2 Å². The fourth-order valence-corrected chi connectivity index (χ4v) is 5.00. The molecule has 0 bridgehead atoms. The Morgan fingerprint density at radius 3 is 2.48 bits per heavy atom. The molecule has 1 aromatic heterocycles. The topological polar surface area (TPSA) is 75.2 Å². The van der Waals surface area contributed by atoms with Crippen LogP contribution < -0.4 is 5.32 Å². The third-order valence-electron chi connectivity index (χ3n) is 4.87. The Kier molecular flexibility index (Phi) is 6.06. The van der Waals surface area contributed by atoms with Crippen LogP contribution in [-0.2, 0) is 22.2 Å². The summed E-state index contributed by atoms with van der Waals surface area (Å²) >= 11 is 0. The second-order valence-corrected chi connectivity index (χ2v) is 8.94. The van der Waals surface area contributed by atoms with Crippen molar-refractivity contribution >= 4 is 15.8 Å². The number of hydrogen-bond acceptors (Lipinski definition) is 5. The number of nitrogens with zero attached hydrogens (tertiary/aromatic N) is 3. The Morgan fingerprint density at radius 1 is 1.19 bits per heavy atom. The van der Waals surface area contributed by atoms with E-state index < -0.39 is 10.0 Å². The molecule has 8 heteroatoms. The van der Waals surface area contributed by atoms with Crippen LogP contribution in [0, 0.1) is 18.7 Å². The van der Waals surface area contributed by atoms with Gasteiger partial charge in [-0.2, -0.15) is 0 Å². The van der Waals surface area contributed by atoms with Crippen molar-refractivity contribution in [2.75, 3.05) is 25.5 Å². The first-order valence-electron chi connectivity index (χ1n) is 9.10. The number of halogens is 1. The summed E-state index contributed by atoms with van der Waals surface area (Å²) in [5.41, 5.74) is 1.59. The van der Waals surface area contributed by atoms with Gasteiger partial charge in [0.05, 0.1) is 5.75 Å². The van der Waals surface area contributed by atoms with Gasteiger partial charge in [0.1, 0.15) is 17.5 Å². The molecule has 3 rings (SSSR count). The lowest BCUT2D eigenvalue weighted by molar-refractivity contribution is 0.271. The molecular weight excluding hydrogens is 367 g/mol. The van der Waals surface area contributed by atoms with E-state index in [1.807, 2.05) is 20.0 Å². The average Bonchev–Trinajstić information content (AvgIpc) is 2.63. The number of rotatable bonds is 6. The van der Waals surface area contributed by atoms with E-state index in [2.05, 4.69) is 15.3 Å². The van der Waals surface area contributed by atoms with Gasteiger partial charge in [-0.25, -0.2) is 27.1 Å². The molecule has 1 fully saturated rings. The van der Waals surface area contributed by atoms with E-state index in [0.29, 0.717) is 24.6 Å². The van der Waals surface area contributed by atoms with Crippen molar-refractivity contribution in [3.63, 3.8) is 0 Å². The highest BCUT2D eigenvalue weighted by Gasteiger charge is 2.28. The first-order chi connectivity index (χ1) is 12.9. The van der Waals surface area contributed by atoms with Crippen molar-refractivity contribution in [3.8, 4) is 0 Å². The van der Waals surface area contributed by atoms with Crippen LogP contribution in [0.4, 0.5) is 10.2 Å². The van der Waals surface area contributed by atoms with Crippen molar-refractivity contribution < 1.29 is 12.8 Å². The van der Waals surface area contributed by atoms with Crippen molar-refractivity contribution in [1.29, 1.82) is 0 Å². The fraction of sp³-hybridized carbons (Fsp3) is 0.474. The quantitative estimate of drug-likeness (QED) is 0.818. The summed E-state index contributed by atoms with van der Waals surface area (Å²) in [5, 5.41) is 3.04. The normalized spacial score (nSPS) is 16.4. The lowest BCUT2D eigenvalue weighted by Crippen LogP contribution is -2.39. The number of nitrogens with one attached hydrogen (secondary N) is 1. The number of aromatic nitrogens is 2. The van der Waals surface area contributed by atoms with Gasteiger partial charge >= 0.3 is 0 Å². The molecule has 0 saturated carbocycles. The number of benzene rings is 1. The maximum Gasteiger partial charge on any atom is 0.218 e. The van der Waals surface area contributed by atoms with Crippen LogP contribution >= 0.6 is 0 Å². The Balaban J connectivity index is 1.58. The Hall–Kier alpha value is -2.06. The van der Waals surface area contributed by atoms with Crippen molar-refractivity contribution in [2.24, 2.45) is 5.92 Å². The summed E-state index contributed by atoms with van der Waals surface area (Å²) in [6.45, 7) is 2.89. The lowest BCUT2D eigenvalue weighted by atomic mass is 9.93. The van der Waals surface area contributed by atoms with E-state index in [1.54, 1.807) is 4.31 Å². The zero-order valence-electron chi connectivity index (χ0n) is 15.7. The third-order valence-corrected chi connectivity index (χ3v) is 6.72. The minimum Gasteiger partial charge on any atom is -0.373 e. The van der Waals surface area contributed by atoms with Gasteiger partial charge in [-0.05, 0) is 49.8 Å². The molecule has 1 aromatic carbocycles. The monoisotopic (exact) mass is 392 g/mol. The van der Waals surface area contributed by atoms with Gasteiger partial charge in [0.2, 0.25) is 10.0 Å². The maximum atomic E-state index is 13.0. The summed E-state index contributed by atoms with van der Waals surface area (Å²) in [5.74, 6) is 1.49. The van der Waals surface area contributed by atoms with E-state index in [-0.39, 0.29) is 11.6 Å². The molecule has 2 aromatic rings. The van der Waals surface area contributed by atoms with E-state index in [0.717, 1.165) is 36.6 Å². The summed E-state index contributed by atoms with van der Waals surface area (Å²) < 4.78 is 39.8. The van der Waals surface area contributed by atoms with E-state index in [4.69, 9.17) is 0 Å². The maximum absolute atomic E-state index is 13.0. The van der Waals surface area contributed by atoms with Gasteiger partial charge in [0.25, 0.3) is 0 Å². The minimum atomic E-state index is -3.39. The van der Waals surface area contributed by atoms with Crippen molar-refractivity contribution in [1.82, 2.24) is 14.3 Å². The number of hydrogen-bond donors (Lipinski definition) is 1. The number of anilines is 1. The van der Waals surface area contributed by atoms with Gasteiger partial charge in [0, 0.05) is 31.9 Å². The molecule has 0 radical (unpaired) electrons. The molecule has 1 N–H and O–H groups in total. The van der Waals surface area contributed by atoms with Crippen LogP contribution in [0.5, 0.6) is 0 Å². The molecule has 1 aliphatic heterocycles. The Labute approximate surface area is 159 Å². The molecule has 27 heavy (non-hydrogen) atoms. The highest BCUT2D eigenvalue weighted by Crippen LogP contribution is 2.25. The molecule has 1 aliphatic rings. The second-order valence-electron chi connectivity index (χ2n) is 6.97. The molecular formula is C19H25FN4O2S. The molecule has 0 atom stereocenters. The summed E-state index contributed by atoms with van der Waals surface area (Å²) in [4.78, 5) is 8.79. The van der Waals surface area contributed by atoms with Crippen LogP contribution in [0.1, 0.15) is 29.9 Å². The fourth-order valence-electron chi connectivity index (χ4n) is 3.43. The largest absolute Gasteiger partial charge is 0.373 e. The Morgan fingerprint density at radius 2 is 1.85 bits per heavy atom. The smallest absolute Gasteiger partial charge is 0.218 e. The SMILES string of the molecule is CNc1cc(CC2CCN(S(=O)(=O)Cc3ccc(F)cc3)CC2)nc(C)n1. The van der Waals surface area contributed by atoms with Crippen molar-refractivity contribution in [2.45, 2.75) is 31.9 Å². The third kappa shape index (κ3) is 5.23. The molecule has 2 heterocycles. The summed E-state index contributed by atoms with van der Waals surface area (Å²) in [6.07, 6.45) is 2.44. The predicted molar refractivity (Wildman–Crippen MR) is 103 cm³/mol. The molecule has 146 valence electrons. The predicted octanol–water partition coefficient (Wildman–Crippen LogP) is 2.75. The van der Waals surface area contributed by atoms with Gasteiger partial charge < -0.3 is 5.32 Å². The van der Waals surface area contributed by atoms with Crippen LogP contribution in [0.2, 0.25) is 0 Å². The number of piperidine rings is 1. The standard InChI is InChI=1S/C19H25FN4O2S/c1-14-22-18(12-19(21-2)23-14)11-15-7-9-24(10-8-15)27(25,26)13-16-3-5-17(20)6-4-16/h3-6,12,15H,7-11,13H2,1-2H3,(H,21,22,23). The molecule has 0 aliphatic carbocycles. The zero-order valence-corrected chi connectivity index (χ0v) is 16.5. The lowest BCUT2D eigenvalue weighted by Gasteiger charge is -2.31. The minimum absolute atomic E-state index is 0.0887. The molecule has 0 amide bonds. The van der Waals surface area contributed by atoms with Crippen LogP contribution in [0.15, 0.2) is 30.3 Å². The highest BCUT2D eigenvalue weighted by molar-refractivity contribution is 7.88. The first-order valence-corrected chi connectivity index (χ1v) is 10.7. The second kappa shape index (κ2) is 8.31. The molecule has 0 unspecified atom stereocenters. The zero-order chi connectivity index (χ0) is 19.4. The number of sulfonamides is 1. The van der Waals surface area contributed by atoms with Gasteiger partial charge in [-0.15, -0.1) is 0 Å². The van der Waals surface area contributed by atoms with Gasteiger partial charge in [0.15, 0.2) is 0 Å². The van der Waals surface area contributed by atoms with E-state index in [9.17, 15) is 12.8 Å². The molecule has 1 saturated heterocycles. The van der Waals surface area contributed by atoms with Gasteiger partial charge in [-0.1, -0.05) is 12.1 Å². The molecule has 0 spiro atoms.